The molecule has 1 fully saturated rings. The first kappa shape index (κ1) is 5.69. The molecule has 1 aliphatic heterocycles. The van der Waals surface area contributed by atoms with Crippen LogP contribution in [0.25, 0.3) is 0 Å². The van der Waals surface area contributed by atoms with Gasteiger partial charge >= 0.3 is 0 Å². The lowest BCUT2D eigenvalue weighted by atomic mass is 10.1. The average molecular weight is 114 g/mol. The summed E-state index contributed by atoms with van der Waals surface area (Å²) in [5.41, 5.74) is 0. The van der Waals surface area contributed by atoms with Gasteiger partial charge in [0.1, 0.15) is 6.04 Å². The van der Waals surface area contributed by atoms with E-state index in [9.17, 15) is 4.91 Å². The molecule has 3 heteroatoms. The Morgan fingerprint density at radius 2 is 2.50 bits per heavy atom. The fourth-order valence-corrected chi connectivity index (χ4v) is 0.923. The molecule has 0 aromatic carbocycles. The third kappa shape index (κ3) is 1.26. The van der Waals surface area contributed by atoms with E-state index in [2.05, 4.69) is 10.5 Å². The second-order valence-electron chi connectivity index (χ2n) is 2.11. The molecule has 1 rings (SSSR count). The number of piperidine rings is 1. The molecule has 0 amide bonds. The highest BCUT2D eigenvalue weighted by Crippen LogP contribution is 2.03. The molecule has 46 valence electrons. The van der Waals surface area contributed by atoms with Crippen molar-refractivity contribution in [3.8, 4) is 0 Å². The minimum atomic E-state index is 0.0451. The summed E-state index contributed by atoms with van der Waals surface area (Å²) in [5.74, 6) is 0. The minimum absolute atomic E-state index is 0.0451. The molecule has 0 aromatic heterocycles. The van der Waals surface area contributed by atoms with Gasteiger partial charge in [-0.15, -0.1) is 0 Å². The maximum absolute atomic E-state index is 9.87. The molecule has 0 spiro atoms. The lowest BCUT2D eigenvalue weighted by Crippen LogP contribution is -2.31. The standard InChI is InChI=1S/C5H10N2O/c8-7-5-2-1-3-6-4-5/h5-6H,1-4H2. The topological polar surface area (TPSA) is 41.5 Å². The van der Waals surface area contributed by atoms with Gasteiger partial charge in [-0.05, 0) is 19.4 Å². The van der Waals surface area contributed by atoms with Gasteiger partial charge in [-0.2, -0.15) is 4.91 Å². The van der Waals surface area contributed by atoms with E-state index in [0.29, 0.717) is 0 Å². The summed E-state index contributed by atoms with van der Waals surface area (Å²) >= 11 is 0. The van der Waals surface area contributed by atoms with Gasteiger partial charge in [-0.1, -0.05) is 5.18 Å². The largest absolute Gasteiger partial charge is 0.314 e. The molecule has 0 saturated carbocycles. The molecule has 1 saturated heterocycles. The first-order valence-corrected chi connectivity index (χ1v) is 2.96. The molecule has 1 aliphatic rings. The number of nitrogens with one attached hydrogen (secondary N) is 1. The molecule has 1 atom stereocenters. The molecule has 1 unspecified atom stereocenters. The Hall–Kier alpha value is -0.440. The summed E-state index contributed by atoms with van der Waals surface area (Å²) in [7, 11) is 0. The van der Waals surface area contributed by atoms with Crippen LogP contribution in [0.15, 0.2) is 5.18 Å². The zero-order valence-corrected chi connectivity index (χ0v) is 4.76. The number of rotatable bonds is 1. The normalized spacial score (nSPS) is 29.8. The lowest BCUT2D eigenvalue weighted by molar-refractivity contribution is 0.459. The van der Waals surface area contributed by atoms with Gasteiger partial charge in [0.25, 0.3) is 0 Å². The van der Waals surface area contributed by atoms with Crippen LogP contribution in [0.3, 0.4) is 0 Å². The van der Waals surface area contributed by atoms with Gasteiger partial charge in [-0.3, -0.25) is 0 Å². The smallest absolute Gasteiger partial charge is 0.104 e. The summed E-state index contributed by atoms with van der Waals surface area (Å²) in [6.07, 6.45) is 2.06. The van der Waals surface area contributed by atoms with Crippen LogP contribution < -0.4 is 5.32 Å². The summed E-state index contributed by atoms with van der Waals surface area (Å²) in [5, 5.41) is 6.03. The Labute approximate surface area is 48.4 Å². The zero-order valence-electron chi connectivity index (χ0n) is 4.76. The fraction of sp³-hybridized carbons (Fsp3) is 1.00. The summed E-state index contributed by atoms with van der Waals surface area (Å²) in [6.45, 7) is 1.83. The molecule has 8 heavy (non-hydrogen) atoms. The summed E-state index contributed by atoms with van der Waals surface area (Å²) in [6, 6.07) is 0.0451. The van der Waals surface area contributed by atoms with Crippen molar-refractivity contribution < 1.29 is 0 Å². The van der Waals surface area contributed by atoms with Crippen LogP contribution in [0.4, 0.5) is 0 Å². The number of nitrogens with zero attached hydrogens (tertiary/aromatic N) is 1. The Kier molecular flexibility index (Phi) is 1.97. The van der Waals surface area contributed by atoms with Crippen molar-refractivity contribution in [1.29, 1.82) is 0 Å². The number of hydrogen-bond donors (Lipinski definition) is 1. The summed E-state index contributed by atoms with van der Waals surface area (Å²) < 4.78 is 0. The van der Waals surface area contributed by atoms with Crippen LogP contribution in [0, 0.1) is 4.91 Å². The van der Waals surface area contributed by atoms with Gasteiger partial charge < -0.3 is 5.32 Å². The van der Waals surface area contributed by atoms with Crippen molar-refractivity contribution in [3.63, 3.8) is 0 Å². The molecule has 3 nitrogen and oxygen atoms in total. The first-order valence-electron chi connectivity index (χ1n) is 2.96. The van der Waals surface area contributed by atoms with Gasteiger partial charge in [0.2, 0.25) is 0 Å². The second kappa shape index (κ2) is 2.77. The Balaban J connectivity index is 2.22. The van der Waals surface area contributed by atoms with Crippen LogP contribution >= 0.6 is 0 Å². The first-order chi connectivity index (χ1) is 3.93. The summed E-state index contributed by atoms with van der Waals surface area (Å²) in [4.78, 5) is 9.87. The SMILES string of the molecule is O=NC1CCCNC1. The van der Waals surface area contributed by atoms with Gasteiger partial charge in [-0.25, -0.2) is 0 Å². The van der Waals surface area contributed by atoms with E-state index in [-0.39, 0.29) is 6.04 Å². The van der Waals surface area contributed by atoms with Crippen molar-refractivity contribution in [2.24, 2.45) is 5.18 Å². The van der Waals surface area contributed by atoms with Crippen molar-refractivity contribution >= 4 is 0 Å². The Bertz CT molecular complexity index is 78.5. The van der Waals surface area contributed by atoms with Crippen molar-refractivity contribution in [3.05, 3.63) is 4.91 Å². The van der Waals surface area contributed by atoms with E-state index in [1.807, 2.05) is 0 Å². The number of hydrogen-bond acceptors (Lipinski definition) is 3. The highest BCUT2D eigenvalue weighted by molar-refractivity contribution is 4.73. The number of nitroso groups, excluding NO2 is 1. The van der Waals surface area contributed by atoms with Crippen LogP contribution in [-0.2, 0) is 0 Å². The molecule has 0 radical (unpaired) electrons. The third-order valence-corrected chi connectivity index (χ3v) is 1.42. The average Bonchev–Trinajstić information content (AvgIpc) is 1.90. The monoisotopic (exact) mass is 114 g/mol. The van der Waals surface area contributed by atoms with E-state index in [0.717, 1.165) is 25.9 Å². The predicted octanol–water partition coefficient (Wildman–Crippen LogP) is 0.505. The van der Waals surface area contributed by atoms with E-state index in [1.165, 1.54) is 0 Å². The highest BCUT2D eigenvalue weighted by Gasteiger charge is 2.11. The maximum Gasteiger partial charge on any atom is 0.104 e. The van der Waals surface area contributed by atoms with Gasteiger partial charge in [0.15, 0.2) is 0 Å². The second-order valence-corrected chi connectivity index (χ2v) is 2.11. The van der Waals surface area contributed by atoms with Crippen LogP contribution in [-0.4, -0.2) is 19.1 Å². The molecular weight excluding hydrogens is 104 g/mol. The van der Waals surface area contributed by atoms with E-state index < -0.39 is 0 Å². The molecule has 1 heterocycles. The molecule has 0 aliphatic carbocycles. The van der Waals surface area contributed by atoms with Gasteiger partial charge in [0.05, 0.1) is 0 Å². The van der Waals surface area contributed by atoms with Crippen LogP contribution in [0.5, 0.6) is 0 Å². The lowest BCUT2D eigenvalue weighted by Gasteiger charge is -2.15. The third-order valence-electron chi connectivity index (χ3n) is 1.42. The quantitative estimate of drug-likeness (QED) is 0.504. The molecule has 0 aromatic rings. The van der Waals surface area contributed by atoms with Crippen LogP contribution in [0.1, 0.15) is 12.8 Å². The Morgan fingerprint density at radius 3 is 2.88 bits per heavy atom. The molecular formula is C5H10N2O. The predicted molar refractivity (Wildman–Crippen MR) is 31.7 cm³/mol. The fourth-order valence-electron chi connectivity index (χ4n) is 0.923. The van der Waals surface area contributed by atoms with Crippen molar-refractivity contribution in [1.82, 2.24) is 5.32 Å². The van der Waals surface area contributed by atoms with Crippen molar-refractivity contribution in [2.75, 3.05) is 13.1 Å². The maximum atomic E-state index is 9.87. The Morgan fingerprint density at radius 1 is 1.62 bits per heavy atom. The zero-order chi connectivity index (χ0) is 5.82. The minimum Gasteiger partial charge on any atom is -0.314 e. The van der Waals surface area contributed by atoms with E-state index in [4.69, 9.17) is 0 Å². The van der Waals surface area contributed by atoms with Gasteiger partial charge in [0, 0.05) is 6.54 Å². The molecule has 0 bridgehead atoms. The van der Waals surface area contributed by atoms with Crippen molar-refractivity contribution in [2.45, 2.75) is 18.9 Å². The highest BCUT2D eigenvalue weighted by atomic mass is 16.3. The van der Waals surface area contributed by atoms with E-state index in [1.54, 1.807) is 0 Å². The molecule has 1 N–H and O–H groups in total. The van der Waals surface area contributed by atoms with Crippen LogP contribution in [0.2, 0.25) is 0 Å². The van der Waals surface area contributed by atoms with E-state index >= 15 is 0 Å².